The van der Waals surface area contributed by atoms with Crippen LogP contribution in [0.15, 0.2) is 0 Å². The van der Waals surface area contributed by atoms with E-state index in [1.54, 1.807) is 0 Å². The van der Waals surface area contributed by atoms with Gasteiger partial charge >= 0.3 is 39.5 Å². The first-order valence-electron chi connectivity index (χ1n) is 38.5. The number of carbonyl (C=O) groups excluding carboxylic acids is 4. The highest BCUT2D eigenvalue weighted by Gasteiger charge is 2.30. The summed E-state index contributed by atoms with van der Waals surface area (Å²) in [6, 6.07) is 0. The number of carbonyl (C=O) groups is 4. The monoisotopic (exact) mass is 1370 g/mol. The highest BCUT2D eigenvalue weighted by molar-refractivity contribution is 7.47. The van der Waals surface area contributed by atoms with Gasteiger partial charge in [0.25, 0.3) is 0 Å². The molecule has 0 aromatic carbocycles. The molecule has 0 saturated carbocycles. The molecule has 3 unspecified atom stereocenters. The van der Waals surface area contributed by atoms with Crippen LogP contribution in [0.2, 0.25) is 0 Å². The molecule has 93 heavy (non-hydrogen) atoms. The molecule has 0 aliphatic carbocycles. The Labute approximate surface area is 568 Å². The molecule has 3 N–H and O–H groups in total. The molecule has 0 bridgehead atoms. The minimum atomic E-state index is -4.95. The first kappa shape index (κ1) is 91.1. The summed E-state index contributed by atoms with van der Waals surface area (Å²) in [6.45, 7) is 9.52. The Morgan fingerprint density at radius 1 is 0.312 bits per heavy atom. The number of aliphatic hydroxyl groups is 1. The van der Waals surface area contributed by atoms with Crippen molar-refractivity contribution in [3.63, 3.8) is 0 Å². The van der Waals surface area contributed by atoms with Gasteiger partial charge in [-0.05, 0) is 37.5 Å². The van der Waals surface area contributed by atoms with Gasteiger partial charge in [-0.25, -0.2) is 9.13 Å². The van der Waals surface area contributed by atoms with Crippen LogP contribution in [0.4, 0.5) is 0 Å². The largest absolute Gasteiger partial charge is 0.472 e. The molecule has 0 radical (unpaired) electrons. The normalized spacial score (nSPS) is 14.3. The van der Waals surface area contributed by atoms with E-state index in [2.05, 4.69) is 41.5 Å². The molecule has 0 spiro atoms. The lowest BCUT2D eigenvalue weighted by molar-refractivity contribution is -0.161. The van der Waals surface area contributed by atoms with Crippen LogP contribution >= 0.6 is 15.6 Å². The Hall–Kier alpha value is -1.94. The van der Waals surface area contributed by atoms with Gasteiger partial charge in [0.15, 0.2) is 12.2 Å². The molecule has 6 atom stereocenters. The molecule has 0 fully saturated rings. The second-order valence-electron chi connectivity index (χ2n) is 27.4. The van der Waals surface area contributed by atoms with Crippen molar-refractivity contribution < 1.29 is 80.2 Å². The number of hydrogen-bond acceptors (Lipinski definition) is 15. The number of phosphoric acid groups is 2. The second kappa shape index (κ2) is 66.0. The predicted octanol–water partition coefficient (Wildman–Crippen LogP) is 21.6. The highest BCUT2D eigenvalue weighted by atomic mass is 31.2. The van der Waals surface area contributed by atoms with E-state index in [4.69, 9.17) is 37.0 Å². The molecule has 0 rings (SSSR count). The van der Waals surface area contributed by atoms with Crippen molar-refractivity contribution >= 4 is 39.5 Å². The summed E-state index contributed by atoms with van der Waals surface area (Å²) >= 11 is 0. The van der Waals surface area contributed by atoms with E-state index in [0.717, 1.165) is 115 Å². The standard InChI is InChI=1S/C74H144O17P2/c1-7-10-12-14-16-17-18-19-20-21-22-23-24-25-26-27-28-33-40-46-52-58-73(78)90-70(63-85-72(77)57-51-45-39-32-30-29-31-37-42-48-54-66(4)5)65-89-93(82,83)87-61-68(75)60-86-92(80,81)88-64-69(62-84-71(76)56-50-44-36-15-13-11-8-2)91-74(79)59-53-47-41-35-34-38-43-49-55-67(6)9-3/h66-70,75H,7-65H2,1-6H3,(H,80,81)(H,82,83)/t67?,68-,69+,70+/m0/s1. The summed E-state index contributed by atoms with van der Waals surface area (Å²) in [5.41, 5.74) is 0. The van der Waals surface area contributed by atoms with Crippen molar-refractivity contribution in [1.82, 2.24) is 0 Å². The van der Waals surface area contributed by atoms with E-state index < -0.39 is 97.5 Å². The van der Waals surface area contributed by atoms with Crippen molar-refractivity contribution in [2.24, 2.45) is 11.8 Å². The quantitative estimate of drug-likeness (QED) is 0.0222. The number of aliphatic hydroxyl groups excluding tert-OH is 1. The molecule has 0 aromatic heterocycles. The third-order valence-electron chi connectivity index (χ3n) is 17.6. The van der Waals surface area contributed by atoms with E-state index in [0.29, 0.717) is 25.7 Å². The first-order valence-corrected chi connectivity index (χ1v) is 41.5. The third kappa shape index (κ3) is 67.0. The van der Waals surface area contributed by atoms with Gasteiger partial charge in [-0.1, -0.05) is 330 Å². The zero-order chi connectivity index (χ0) is 68.6. The summed E-state index contributed by atoms with van der Waals surface area (Å²) < 4.78 is 68.3. The summed E-state index contributed by atoms with van der Waals surface area (Å²) in [6.07, 6.45) is 53.0. The molecule has 0 saturated heterocycles. The summed E-state index contributed by atoms with van der Waals surface area (Å²) in [4.78, 5) is 72.6. The number of hydrogen-bond donors (Lipinski definition) is 3. The zero-order valence-corrected chi connectivity index (χ0v) is 62.3. The van der Waals surface area contributed by atoms with Gasteiger partial charge in [0.05, 0.1) is 26.4 Å². The lowest BCUT2D eigenvalue weighted by Gasteiger charge is -2.21. The maximum absolute atomic E-state index is 13.1. The number of esters is 4. The Kier molecular flexibility index (Phi) is 64.6. The maximum Gasteiger partial charge on any atom is 0.472 e. The number of phosphoric ester groups is 2. The number of rotatable bonds is 73. The summed E-state index contributed by atoms with van der Waals surface area (Å²) in [5.74, 6) is -0.598. The van der Waals surface area contributed by atoms with Crippen LogP contribution in [-0.2, 0) is 65.4 Å². The molecular weight excluding hydrogens is 1220 g/mol. The van der Waals surface area contributed by atoms with Crippen LogP contribution in [0.5, 0.6) is 0 Å². The highest BCUT2D eigenvalue weighted by Crippen LogP contribution is 2.45. The van der Waals surface area contributed by atoms with Gasteiger partial charge in [-0.3, -0.25) is 37.3 Å². The lowest BCUT2D eigenvalue weighted by atomic mass is 9.99. The molecule has 0 amide bonds. The van der Waals surface area contributed by atoms with Gasteiger partial charge in [-0.2, -0.15) is 0 Å². The average Bonchev–Trinajstić information content (AvgIpc) is 3.34. The Balaban J connectivity index is 5.16. The van der Waals surface area contributed by atoms with Gasteiger partial charge < -0.3 is 33.8 Å². The second-order valence-corrected chi connectivity index (χ2v) is 30.3. The van der Waals surface area contributed by atoms with Crippen LogP contribution in [0.3, 0.4) is 0 Å². The molecule has 17 nitrogen and oxygen atoms in total. The Bertz CT molecular complexity index is 1810. The molecular formula is C74H144O17P2. The minimum Gasteiger partial charge on any atom is -0.462 e. The number of unbranched alkanes of at least 4 members (excludes halogenated alkanes) is 42. The fraction of sp³-hybridized carbons (Fsp3) is 0.946. The molecule has 19 heteroatoms. The third-order valence-corrected chi connectivity index (χ3v) is 19.5. The topological polar surface area (TPSA) is 237 Å². The summed E-state index contributed by atoms with van der Waals surface area (Å²) in [5, 5.41) is 10.6. The van der Waals surface area contributed by atoms with Crippen LogP contribution in [0, 0.1) is 11.8 Å². The van der Waals surface area contributed by atoms with Crippen LogP contribution < -0.4 is 0 Å². The van der Waals surface area contributed by atoms with Crippen LogP contribution in [0.1, 0.15) is 382 Å². The van der Waals surface area contributed by atoms with Crippen molar-refractivity contribution in [1.29, 1.82) is 0 Å². The van der Waals surface area contributed by atoms with Crippen molar-refractivity contribution in [2.45, 2.75) is 400 Å². The molecule has 0 heterocycles. The predicted molar refractivity (Wildman–Crippen MR) is 377 cm³/mol. The number of ether oxygens (including phenoxy) is 4. The average molecular weight is 1370 g/mol. The van der Waals surface area contributed by atoms with Gasteiger partial charge in [0.2, 0.25) is 0 Å². The molecule has 0 aromatic rings. The van der Waals surface area contributed by atoms with Gasteiger partial charge in [0.1, 0.15) is 19.3 Å². The van der Waals surface area contributed by atoms with E-state index in [9.17, 15) is 43.2 Å². The van der Waals surface area contributed by atoms with Crippen LogP contribution in [0.25, 0.3) is 0 Å². The van der Waals surface area contributed by atoms with Crippen molar-refractivity contribution in [2.75, 3.05) is 39.6 Å². The Morgan fingerprint density at radius 3 is 0.817 bits per heavy atom. The first-order chi connectivity index (χ1) is 44.9. The zero-order valence-electron chi connectivity index (χ0n) is 60.6. The van der Waals surface area contributed by atoms with E-state index in [1.807, 2.05) is 0 Å². The van der Waals surface area contributed by atoms with E-state index in [-0.39, 0.29) is 25.7 Å². The van der Waals surface area contributed by atoms with Crippen molar-refractivity contribution in [3.8, 4) is 0 Å². The molecule has 0 aliphatic rings. The molecule has 552 valence electrons. The Morgan fingerprint density at radius 2 is 0.548 bits per heavy atom. The minimum absolute atomic E-state index is 0.105. The van der Waals surface area contributed by atoms with Crippen molar-refractivity contribution in [3.05, 3.63) is 0 Å². The smallest absolute Gasteiger partial charge is 0.462 e. The fourth-order valence-electron chi connectivity index (χ4n) is 11.3. The van der Waals surface area contributed by atoms with E-state index in [1.165, 1.54) is 186 Å². The van der Waals surface area contributed by atoms with Gasteiger partial charge in [-0.15, -0.1) is 0 Å². The molecule has 0 aliphatic heterocycles. The lowest BCUT2D eigenvalue weighted by Crippen LogP contribution is -2.30. The fourth-order valence-corrected chi connectivity index (χ4v) is 12.8. The summed E-state index contributed by atoms with van der Waals surface area (Å²) in [7, 11) is -9.90. The van der Waals surface area contributed by atoms with Crippen LogP contribution in [-0.4, -0.2) is 96.7 Å². The van der Waals surface area contributed by atoms with E-state index >= 15 is 0 Å². The maximum atomic E-state index is 13.1. The van der Waals surface area contributed by atoms with Gasteiger partial charge in [0, 0.05) is 25.7 Å². The SMILES string of the molecule is CCCCCCCCCCCCCCCCCCCCCCCC(=O)O[C@H](COC(=O)CCCCCCCCCCCCC(C)C)COP(=O)(O)OC[C@@H](O)COP(=O)(O)OC[C@@H](COC(=O)CCCCCCCCC)OC(=O)CCCCCCCCCCC(C)CC.